The fourth-order valence-electron chi connectivity index (χ4n) is 1.37. The van der Waals surface area contributed by atoms with Gasteiger partial charge in [-0.1, -0.05) is 23.7 Å². The number of Topliss-reactive ketones (excluding diaryl/α,β-unsaturated/α-hetero) is 1. The second kappa shape index (κ2) is 4.94. The van der Waals surface area contributed by atoms with E-state index in [0.29, 0.717) is 10.6 Å². The summed E-state index contributed by atoms with van der Waals surface area (Å²) in [5, 5.41) is 9.24. The molecule has 15 heavy (non-hydrogen) atoms. The Morgan fingerprint density at radius 1 is 1.33 bits per heavy atom. The largest absolute Gasteiger partial charge is 0.481 e. The van der Waals surface area contributed by atoms with Gasteiger partial charge in [-0.25, -0.2) is 0 Å². The SMILES string of the molecule is CC(=O)C(CC(=O)O)c1ccc(Cl)cc1. The van der Waals surface area contributed by atoms with Crippen LogP contribution in [-0.2, 0) is 9.59 Å². The lowest BCUT2D eigenvalue weighted by Gasteiger charge is -2.11. The molecule has 4 heteroatoms. The molecule has 1 N–H and O–H groups in total. The van der Waals surface area contributed by atoms with Crippen LogP contribution >= 0.6 is 11.6 Å². The second-order valence-corrected chi connectivity index (χ2v) is 3.75. The molecule has 0 radical (unpaired) electrons. The van der Waals surface area contributed by atoms with Gasteiger partial charge in [0.2, 0.25) is 0 Å². The van der Waals surface area contributed by atoms with E-state index in [1.165, 1.54) is 6.92 Å². The quantitative estimate of drug-likeness (QED) is 0.858. The lowest BCUT2D eigenvalue weighted by molar-refractivity contribution is -0.139. The topological polar surface area (TPSA) is 54.4 Å². The number of ketones is 1. The molecular formula is C11H11ClO3. The van der Waals surface area contributed by atoms with Gasteiger partial charge in [0.25, 0.3) is 0 Å². The van der Waals surface area contributed by atoms with Gasteiger partial charge >= 0.3 is 5.97 Å². The van der Waals surface area contributed by atoms with Crippen molar-refractivity contribution in [1.82, 2.24) is 0 Å². The van der Waals surface area contributed by atoms with Crippen LogP contribution < -0.4 is 0 Å². The normalized spacial score (nSPS) is 12.1. The molecule has 0 fully saturated rings. The van der Waals surface area contributed by atoms with Crippen LogP contribution in [0.4, 0.5) is 0 Å². The lowest BCUT2D eigenvalue weighted by atomic mass is 9.92. The second-order valence-electron chi connectivity index (χ2n) is 3.31. The number of halogens is 1. The summed E-state index contributed by atoms with van der Waals surface area (Å²) in [5.74, 6) is -1.72. The number of benzene rings is 1. The van der Waals surface area contributed by atoms with Gasteiger partial charge in [0.1, 0.15) is 5.78 Å². The predicted octanol–water partition coefficient (Wildman–Crippen LogP) is 2.49. The predicted molar refractivity (Wildman–Crippen MR) is 57.1 cm³/mol. The molecule has 0 aromatic heterocycles. The first-order chi connectivity index (χ1) is 7.00. The van der Waals surface area contributed by atoms with E-state index in [2.05, 4.69) is 0 Å². The van der Waals surface area contributed by atoms with E-state index in [-0.39, 0.29) is 12.2 Å². The van der Waals surface area contributed by atoms with Crippen LogP contribution in [0.25, 0.3) is 0 Å². The fraction of sp³-hybridized carbons (Fsp3) is 0.273. The summed E-state index contributed by atoms with van der Waals surface area (Å²) >= 11 is 5.70. The standard InChI is InChI=1S/C11H11ClO3/c1-7(13)10(6-11(14)15)8-2-4-9(12)5-3-8/h2-5,10H,6H2,1H3,(H,14,15). The number of carboxylic acids is 1. The molecule has 0 heterocycles. The van der Waals surface area contributed by atoms with Crippen molar-refractivity contribution in [1.29, 1.82) is 0 Å². The van der Waals surface area contributed by atoms with Gasteiger partial charge in [-0.3, -0.25) is 9.59 Å². The van der Waals surface area contributed by atoms with E-state index >= 15 is 0 Å². The van der Waals surface area contributed by atoms with Crippen molar-refractivity contribution < 1.29 is 14.7 Å². The Kier molecular flexibility index (Phi) is 3.86. The molecule has 0 saturated heterocycles. The van der Waals surface area contributed by atoms with Crippen molar-refractivity contribution in [2.45, 2.75) is 19.3 Å². The molecule has 1 aromatic rings. The zero-order valence-electron chi connectivity index (χ0n) is 8.24. The molecule has 0 aliphatic rings. The Bertz CT molecular complexity index is 370. The monoisotopic (exact) mass is 226 g/mol. The molecule has 1 rings (SSSR count). The zero-order chi connectivity index (χ0) is 11.4. The van der Waals surface area contributed by atoms with E-state index in [4.69, 9.17) is 16.7 Å². The van der Waals surface area contributed by atoms with Gasteiger partial charge in [0.05, 0.1) is 12.3 Å². The summed E-state index contributed by atoms with van der Waals surface area (Å²) in [6, 6.07) is 6.65. The van der Waals surface area contributed by atoms with Crippen molar-refractivity contribution in [3.63, 3.8) is 0 Å². The highest BCUT2D eigenvalue weighted by Crippen LogP contribution is 2.22. The molecule has 0 bridgehead atoms. The van der Waals surface area contributed by atoms with Gasteiger partial charge in [0.15, 0.2) is 0 Å². The maximum Gasteiger partial charge on any atom is 0.304 e. The van der Waals surface area contributed by atoms with Crippen LogP contribution in [0.1, 0.15) is 24.8 Å². The third kappa shape index (κ3) is 3.36. The Morgan fingerprint density at radius 3 is 2.27 bits per heavy atom. The van der Waals surface area contributed by atoms with Crippen LogP contribution in [0.5, 0.6) is 0 Å². The minimum atomic E-state index is -0.981. The van der Waals surface area contributed by atoms with E-state index < -0.39 is 11.9 Å². The summed E-state index contributed by atoms with van der Waals surface area (Å²) in [6.45, 7) is 1.39. The van der Waals surface area contributed by atoms with Gasteiger partial charge in [-0.15, -0.1) is 0 Å². The maximum atomic E-state index is 11.3. The number of carbonyl (C=O) groups is 2. The Hall–Kier alpha value is -1.35. The van der Waals surface area contributed by atoms with Crippen LogP contribution in [0.15, 0.2) is 24.3 Å². The first-order valence-electron chi connectivity index (χ1n) is 4.48. The summed E-state index contributed by atoms with van der Waals surface area (Å²) in [5.41, 5.74) is 0.689. The molecule has 0 aliphatic heterocycles. The van der Waals surface area contributed by atoms with Gasteiger partial charge in [-0.05, 0) is 24.6 Å². The molecular weight excluding hydrogens is 216 g/mol. The highest BCUT2D eigenvalue weighted by atomic mass is 35.5. The highest BCUT2D eigenvalue weighted by molar-refractivity contribution is 6.30. The first-order valence-corrected chi connectivity index (χ1v) is 4.86. The van der Waals surface area contributed by atoms with Crippen molar-refractivity contribution in [2.24, 2.45) is 0 Å². The Labute approximate surface area is 92.7 Å². The van der Waals surface area contributed by atoms with Crippen LogP contribution in [-0.4, -0.2) is 16.9 Å². The van der Waals surface area contributed by atoms with E-state index in [1.807, 2.05) is 0 Å². The molecule has 0 saturated carbocycles. The van der Waals surface area contributed by atoms with Crippen LogP contribution in [0, 0.1) is 0 Å². The van der Waals surface area contributed by atoms with Crippen molar-refractivity contribution >= 4 is 23.4 Å². The molecule has 1 atom stereocenters. The van der Waals surface area contributed by atoms with E-state index in [1.54, 1.807) is 24.3 Å². The molecule has 3 nitrogen and oxygen atoms in total. The van der Waals surface area contributed by atoms with E-state index in [0.717, 1.165) is 0 Å². The Balaban J connectivity index is 2.94. The number of hydrogen-bond acceptors (Lipinski definition) is 2. The minimum Gasteiger partial charge on any atom is -0.481 e. The summed E-state index contributed by atoms with van der Waals surface area (Å²) in [6.07, 6.45) is -0.184. The number of aliphatic carboxylic acids is 1. The van der Waals surface area contributed by atoms with Crippen LogP contribution in [0.3, 0.4) is 0 Å². The third-order valence-electron chi connectivity index (χ3n) is 2.14. The zero-order valence-corrected chi connectivity index (χ0v) is 8.99. The third-order valence-corrected chi connectivity index (χ3v) is 2.39. The molecule has 0 spiro atoms. The fourth-order valence-corrected chi connectivity index (χ4v) is 1.49. The van der Waals surface area contributed by atoms with Gasteiger partial charge < -0.3 is 5.11 Å². The lowest BCUT2D eigenvalue weighted by Crippen LogP contribution is -2.13. The molecule has 1 aromatic carbocycles. The number of hydrogen-bond donors (Lipinski definition) is 1. The van der Waals surface area contributed by atoms with Crippen molar-refractivity contribution in [3.8, 4) is 0 Å². The van der Waals surface area contributed by atoms with Crippen molar-refractivity contribution in [3.05, 3.63) is 34.9 Å². The summed E-state index contributed by atoms with van der Waals surface area (Å²) in [7, 11) is 0. The smallest absolute Gasteiger partial charge is 0.304 e. The number of carbonyl (C=O) groups excluding carboxylic acids is 1. The maximum absolute atomic E-state index is 11.3. The van der Waals surface area contributed by atoms with Crippen molar-refractivity contribution in [2.75, 3.05) is 0 Å². The molecule has 0 amide bonds. The molecule has 0 aliphatic carbocycles. The Morgan fingerprint density at radius 2 is 1.87 bits per heavy atom. The number of carboxylic acid groups (broad SMARTS) is 1. The van der Waals surface area contributed by atoms with Gasteiger partial charge in [-0.2, -0.15) is 0 Å². The summed E-state index contributed by atoms with van der Waals surface area (Å²) < 4.78 is 0. The molecule has 80 valence electrons. The first kappa shape index (κ1) is 11.7. The van der Waals surface area contributed by atoms with E-state index in [9.17, 15) is 9.59 Å². The summed E-state index contributed by atoms with van der Waals surface area (Å²) in [4.78, 5) is 21.8. The van der Waals surface area contributed by atoms with Crippen LogP contribution in [0.2, 0.25) is 5.02 Å². The average molecular weight is 227 g/mol. The average Bonchev–Trinajstić information content (AvgIpc) is 2.15. The number of rotatable bonds is 4. The molecule has 1 unspecified atom stereocenters. The minimum absolute atomic E-state index is 0.153. The van der Waals surface area contributed by atoms with Gasteiger partial charge in [0, 0.05) is 5.02 Å². The highest BCUT2D eigenvalue weighted by Gasteiger charge is 2.19.